The highest BCUT2D eigenvalue weighted by Crippen LogP contribution is 2.40. The molecule has 25 heavy (non-hydrogen) atoms. The predicted octanol–water partition coefficient (Wildman–Crippen LogP) is 3.33. The van der Waals surface area contributed by atoms with E-state index in [1.165, 1.54) is 37.0 Å². The smallest absolute Gasteiger partial charge is 0.314 e. The number of hydrogen-bond acceptors (Lipinski definition) is 5. The highest BCUT2D eigenvalue weighted by Gasteiger charge is 2.38. The number of fused-ring (bicyclic) bond motifs is 1. The number of hydrogen-bond donors (Lipinski definition) is 0. The quantitative estimate of drug-likeness (QED) is 0.810. The monoisotopic (exact) mass is 362 g/mol. The molecule has 7 heteroatoms. The molecule has 0 N–H and O–H groups in total. The topological polar surface area (TPSA) is 56.8 Å². The van der Waals surface area contributed by atoms with Crippen LogP contribution in [0.4, 0.5) is 9.93 Å². The number of carbonyl (C=O) groups excluding carboxylic acids is 2. The van der Waals surface area contributed by atoms with Gasteiger partial charge in [0.15, 0.2) is 10.9 Å². The molecule has 2 aliphatic carbocycles. The van der Waals surface area contributed by atoms with E-state index in [0.29, 0.717) is 30.9 Å². The van der Waals surface area contributed by atoms with Gasteiger partial charge in [-0.1, -0.05) is 38.0 Å². The third kappa shape index (κ3) is 3.08. The van der Waals surface area contributed by atoms with Crippen LogP contribution in [0.25, 0.3) is 0 Å². The lowest BCUT2D eigenvalue weighted by Gasteiger charge is -2.42. The third-order valence-electron chi connectivity index (χ3n) is 5.57. The lowest BCUT2D eigenvalue weighted by molar-refractivity contribution is 0.0916. The first-order valence-electron chi connectivity index (χ1n) is 9.14. The lowest BCUT2D eigenvalue weighted by atomic mass is 9.78. The first-order valence-corrected chi connectivity index (χ1v) is 9.95. The molecule has 4 rings (SSSR count). The summed E-state index contributed by atoms with van der Waals surface area (Å²) in [5.41, 5.74) is 0.822. The zero-order valence-electron chi connectivity index (χ0n) is 15.2. The van der Waals surface area contributed by atoms with E-state index in [1.807, 2.05) is 7.05 Å². The van der Waals surface area contributed by atoms with E-state index >= 15 is 0 Å². The van der Waals surface area contributed by atoms with Gasteiger partial charge in [0, 0.05) is 19.5 Å². The van der Waals surface area contributed by atoms with E-state index in [2.05, 4.69) is 18.7 Å². The summed E-state index contributed by atoms with van der Waals surface area (Å²) >= 11 is 1.39. The number of thiazole rings is 1. The molecule has 6 nitrogen and oxygen atoms in total. The minimum Gasteiger partial charge on any atom is -0.314 e. The summed E-state index contributed by atoms with van der Waals surface area (Å²) in [4.78, 5) is 36.5. The summed E-state index contributed by atoms with van der Waals surface area (Å²) in [6, 6.07) is 0.528. The Balaban J connectivity index is 1.62. The highest BCUT2D eigenvalue weighted by atomic mass is 32.1. The van der Waals surface area contributed by atoms with Gasteiger partial charge in [0.05, 0.1) is 23.9 Å². The fourth-order valence-electron chi connectivity index (χ4n) is 4.29. The van der Waals surface area contributed by atoms with Gasteiger partial charge in [0.1, 0.15) is 0 Å². The Hall–Kier alpha value is -1.47. The van der Waals surface area contributed by atoms with E-state index in [0.717, 1.165) is 17.0 Å². The Morgan fingerprint density at radius 3 is 2.56 bits per heavy atom. The standard InChI is InChI=1S/C18H26N4O2S/c1-18(2)8-13-15(14(23)9-18)25-16(19-13)22-11-21(10-20(3)17(22)24)12-6-4-5-7-12/h12H,4-11H2,1-3H3. The molecular weight excluding hydrogens is 336 g/mol. The fourth-order valence-corrected chi connectivity index (χ4v) is 5.30. The SMILES string of the molecule is CN1CN(C2CCCC2)CN(c2nc3c(s2)C(=O)CC(C)(C)C3)C1=O. The van der Waals surface area contributed by atoms with Crippen molar-refractivity contribution in [3.05, 3.63) is 10.6 Å². The number of carbonyl (C=O) groups is 2. The molecule has 1 aliphatic heterocycles. The van der Waals surface area contributed by atoms with Crippen LogP contribution in [0.3, 0.4) is 0 Å². The molecule has 2 heterocycles. The minimum atomic E-state index is -0.0476. The van der Waals surface area contributed by atoms with Crippen LogP contribution in [0, 0.1) is 5.41 Å². The molecule has 1 aromatic heterocycles. The molecule has 0 atom stereocenters. The lowest BCUT2D eigenvalue weighted by Crippen LogP contribution is -2.59. The van der Waals surface area contributed by atoms with Crippen LogP contribution in [0.5, 0.6) is 0 Å². The second kappa shape index (κ2) is 6.06. The van der Waals surface area contributed by atoms with E-state index in [9.17, 15) is 9.59 Å². The largest absolute Gasteiger partial charge is 0.328 e. The molecule has 1 aromatic rings. The average Bonchev–Trinajstić information content (AvgIpc) is 3.18. The fraction of sp³-hybridized carbons (Fsp3) is 0.722. The second-order valence-corrected chi connectivity index (χ2v) is 9.41. The summed E-state index contributed by atoms with van der Waals surface area (Å²) < 4.78 is 0. The Kier molecular flexibility index (Phi) is 4.11. The summed E-state index contributed by atoms with van der Waals surface area (Å²) in [6.07, 6.45) is 6.31. The number of Topliss-reactive ketones (excluding diaryl/α,β-unsaturated/α-hetero) is 1. The van der Waals surface area contributed by atoms with Crippen LogP contribution in [0.1, 0.15) is 61.3 Å². The van der Waals surface area contributed by atoms with Gasteiger partial charge in [-0.05, 0) is 24.7 Å². The predicted molar refractivity (Wildman–Crippen MR) is 98.0 cm³/mol. The van der Waals surface area contributed by atoms with Gasteiger partial charge < -0.3 is 4.90 Å². The van der Waals surface area contributed by atoms with Gasteiger partial charge in [-0.15, -0.1) is 0 Å². The average molecular weight is 362 g/mol. The highest BCUT2D eigenvalue weighted by molar-refractivity contribution is 7.17. The normalized spacial score (nSPS) is 24.9. The molecule has 2 fully saturated rings. The van der Waals surface area contributed by atoms with Crippen molar-refractivity contribution in [3.63, 3.8) is 0 Å². The van der Waals surface area contributed by atoms with Gasteiger partial charge in [-0.2, -0.15) is 0 Å². The molecular formula is C18H26N4O2S. The molecule has 1 saturated carbocycles. The molecule has 2 amide bonds. The first kappa shape index (κ1) is 17.0. The van der Waals surface area contributed by atoms with Crippen LogP contribution >= 0.6 is 11.3 Å². The maximum Gasteiger partial charge on any atom is 0.328 e. The van der Waals surface area contributed by atoms with Crippen LogP contribution < -0.4 is 4.90 Å². The minimum absolute atomic E-state index is 0.0212. The third-order valence-corrected chi connectivity index (χ3v) is 6.73. The molecule has 0 aromatic carbocycles. The van der Waals surface area contributed by atoms with Crippen LogP contribution in [0.15, 0.2) is 0 Å². The molecule has 0 spiro atoms. The Morgan fingerprint density at radius 2 is 1.84 bits per heavy atom. The number of aromatic nitrogens is 1. The number of nitrogens with zero attached hydrogens (tertiary/aromatic N) is 4. The molecule has 0 unspecified atom stereocenters. The first-order chi connectivity index (χ1) is 11.8. The van der Waals surface area contributed by atoms with Crippen molar-refractivity contribution in [3.8, 4) is 0 Å². The maximum atomic E-state index is 12.7. The van der Waals surface area contributed by atoms with E-state index in [4.69, 9.17) is 4.98 Å². The number of ketones is 1. The number of urea groups is 1. The zero-order valence-corrected chi connectivity index (χ0v) is 16.1. The number of rotatable bonds is 2. The molecule has 3 aliphatic rings. The van der Waals surface area contributed by atoms with Crippen molar-refractivity contribution < 1.29 is 9.59 Å². The van der Waals surface area contributed by atoms with Crippen molar-refractivity contribution in [2.75, 3.05) is 25.3 Å². The van der Waals surface area contributed by atoms with Gasteiger partial charge in [0.25, 0.3) is 0 Å². The number of amides is 2. The van der Waals surface area contributed by atoms with E-state index in [1.54, 1.807) is 9.80 Å². The van der Waals surface area contributed by atoms with Crippen molar-refractivity contribution in [2.45, 2.75) is 58.4 Å². The molecule has 136 valence electrons. The second-order valence-electron chi connectivity index (χ2n) is 8.43. The summed E-state index contributed by atoms with van der Waals surface area (Å²) in [7, 11) is 1.85. The zero-order chi connectivity index (χ0) is 17.8. The molecule has 0 bridgehead atoms. The number of anilines is 1. The van der Waals surface area contributed by atoms with E-state index in [-0.39, 0.29) is 17.2 Å². The molecule has 0 radical (unpaired) electrons. The van der Waals surface area contributed by atoms with Gasteiger partial charge in [-0.25, -0.2) is 9.78 Å². The summed E-state index contributed by atoms with van der Waals surface area (Å²) in [6.45, 7) is 5.47. The van der Waals surface area contributed by atoms with Crippen LogP contribution in [-0.2, 0) is 6.42 Å². The molecule has 1 saturated heterocycles. The summed E-state index contributed by atoms with van der Waals surface area (Å²) in [5.74, 6) is 0.167. The summed E-state index contributed by atoms with van der Waals surface area (Å²) in [5, 5.41) is 0.676. The van der Waals surface area contributed by atoms with Crippen molar-refractivity contribution >= 4 is 28.3 Å². The van der Waals surface area contributed by atoms with Crippen molar-refractivity contribution in [1.82, 2.24) is 14.8 Å². The van der Waals surface area contributed by atoms with Crippen molar-refractivity contribution in [1.29, 1.82) is 0 Å². The Bertz CT molecular complexity index is 708. The Labute approximate surface area is 152 Å². The van der Waals surface area contributed by atoms with Crippen molar-refractivity contribution in [2.24, 2.45) is 5.41 Å². The van der Waals surface area contributed by atoms with Crippen LogP contribution in [-0.4, -0.2) is 53.0 Å². The maximum absolute atomic E-state index is 12.7. The Morgan fingerprint density at radius 1 is 1.12 bits per heavy atom. The van der Waals surface area contributed by atoms with Crippen LogP contribution in [0.2, 0.25) is 0 Å². The van der Waals surface area contributed by atoms with Gasteiger partial charge in [-0.3, -0.25) is 14.6 Å². The van der Waals surface area contributed by atoms with Gasteiger partial charge in [0.2, 0.25) is 0 Å². The van der Waals surface area contributed by atoms with Gasteiger partial charge >= 0.3 is 6.03 Å². The van der Waals surface area contributed by atoms with E-state index < -0.39 is 0 Å².